The van der Waals surface area contributed by atoms with E-state index in [0.29, 0.717) is 0 Å². The van der Waals surface area contributed by atoms with Crippen LogP contribution in [-0.2, 0) is 6.42 Å². The van der Waals surface area contributed by atoms with Gasteiger partial charge in [0, 0.05) is 11.4 Å². The topological polar surface area (TPSA) is 28.1 Å². The average molecular weight is 254 g/mol. The largest absolute Gasteiger partial charge is 0.359 e. The number of aromatic nitrogens is 1. The molecule has 3 heteroatoms. The zero-order chi connectivity index (χ0) is 12.4. The van der Waals surface area contributed by atoms with Gasteiger partial charge < -0.3 is 4.98 Å². The van der Waals surface area contributed by atoms with Crippen molar-refractivity contribution in [1.29, 1.82) is 0 Å². The van der Waals surface area contributed by atoms with E-state index in [2.05, 4.69) is 64.8 Å². The smallest absolute Gasteiger partial charge is 0.0809 e. The highest BCUT2D eigenvalue weighted by molar-refractivity contribution is 7.12. The molecule has 1 aliphatic rings. The third-order valence-electron chi connectivity index (χ3n) is 2.89. The number of aliphatic imine (C=N–C) groups is 1. The number of allylic oxidation sites excluding steroid dienone is 2. The van der Waals surface area contributed by atoms with E-state index < -0.39 is 0 Å². The van der Waals surface area contributed by atoms with Crippen LogP contribution in [0.4, 0.5) is 0 Å². The maximum absolute atomic E-state index is 4.62. The number of nitrogens with one attached hydrogen (secondary N) is 1. The van der Waals surface area contributed by atoms with Crippen molar-refractivity contribution in [1.82, 2.24) is 4.98 Å². The van der Waals surface area contributed by atoms with Crippen LogP contribution >= 0.6 is 11.3 Å². The second kappa shape index (κ2) is 4.78. The van der Waals surface area contributed by atoms with E-state index in [1.165, 1.54) is 10.6 Å². The van der Waals surface area contributed by atoms with Gasteiger partial charge in [-0.2, -0.15) is 0 Å². The molecule has 0 fully saturated rings. The standard InChI is InChI=1S/C15H14N2S/c1-2-11-5-6-12(16-11)10-13-7-8-14(17-13)15-4-3-9-18-15/h3-10,16H,2H2,1H3. The van der Waals surface area contributed by atoms with Crippen molar-refractivity contribution >= 4 is 23.1 Å². The maximum Gasteiger partial charge on any atom is 0.0809 e. The van der Waals surface area contributed by atoms with E-state index in [1.54, 1.807) is 11.3 Å². The molecule has 0 saturated carbocycles. The molecule has 18 heavy (non-hydrogen) atoms. The van der Waals surface area contributed by atoms with Gasteiger partial charge in [0.15, 0.2) is 0 Å². The monoisotopic (exact) mass is 254 g/mol. The number of nitrogens with zero attached hydrogens (tertiary/aromatic N) is 1. The molecule has 0 bridgehead atoms. The summed E-state index contributed by atoms with van der Waals surface area (Å²) in [6.45, 7) is 2.14. The van der Waals surface area contributed by atoms with E-state index in [1.807, 2.05) is 0 Å². The van der Waals surface area contributed by atoms with Crippen LogP contribution < -0.4 is 0 Å². The molecule has 1 N–H and O–H groups in total. The molecule has 0 spiro atoms. The van der Waals surface area contributed by atoms with Crippen molar-refractivity contribution in [2.24, 2.45) is 4.99 Å². The van der Waals surface area contributed by atoms with Crippen LogP contribution in [0.2, 0.25) is 0 Å². The molecule has 3 rings (SSSR count). The minimum absolute atomic E-state index is 1.00. The molecule has 0 aliphatic carbocycles. The predicted octanol–water partition coefficient (Wildman–Crippen LogP) is 4.04. The summed E-state index contributed by atoms with van der Waals surface area (Å²) < 4.78 is 0. The third-order valence-corrected chi connectivity index (χ3v) is 3.78. The number of aromatic amines is 1. The number of rotatable bonds is 3. The van der Waals surface area contributed by atoms with Gasteiger partial charge in [-0.25, -0.2) is 4.99 Å². The number of hydrogen-bond donors (Lipinski definition) is 1. The molecule has 0 saturated heterocycles. The minimum Gasteiger partial charge on any atom is -0.359 e. The fourth-order valence-corrected chi connectivity index (χ4v) is 2.62. The molecular weight excluding hydrogens is 240 g/mol. The van der Waals surface area contributed by atoms with Gasteiger partial charge in [0.1, 0.15) is 0 Å². The molecule has 0 amide bonds. The molecule has 0 unspecified atom stereocenters. The molecule has 3 heterocycles. The lowest BCUT2D eigenvalue weighted by molar-refractivity contribution is 1.06. The second-order valence-corrected chi connectivity index (χ2v) is 5.12. The Bertz CT molecular complexity index is 627. The summed E-state index contributed by atoms with van der Waals surface area (Å²) >= 11 is 1.72. The number of thiophene rings is 1. The summed E-state index contributed by atoms with van der Waals surface area (Å²) in [7, 11) is 0. The van der Waals surface area contributed by atoms with Gasteiger partial charge in [0.05, 0.1) is 16.3 Å². The van der Waals surface area contributed by atoms with Crippen LogP contribution in [0, 0.1) is 0 Å². The van der Waals surface area contributed by atoms with Crippen molar-refractivity contribution in [2.75, 3.05) is 0 Å². The van der Waals surface area contributed by atoms with E-state index >= 15 is 0 Å². The molecule has 2 aromatic heterocycles. The Balaban J connectivity index is 1.85. The lowest BCUT2D eigenvalue weighted by Gasteiger charge is -1.92. The third kappa shape index (κ3) is 2.22. The first-order chi connectivity index (χ1) is 8.85. The molecule has 2 nitrogen and oxygen atoms in total. The molecule has 0 radical (unpaired) electrons. The molecule has 0 aromatic carbocycles. The zero-order valence-electron chi connectivity index (χ0n) is 10.2. The van der Waals surface area contributed by atoms with Crippen LogP contribution in [0.1, 0.15) is 23.2 Å². The summed E-state index contributed by atoms with van der Waals surface area (Å²) in [5.74, 6) is 0. The molecule has 2 aromatic rings. The minimum atomic E-state index is 1.00. The van der Waals surface area contributed by atoms with E-state index in [4.69, 9.17) is 0 Å². The van der Waals surface area contributed by atoms with Gasteiger partial charge in [-0.05, 0) is 48.2 Å². The Morgan fingerprint density at radius 3 is 2.94 bits per heavy atom. The second-order valence-electron chi connectivity index (χ2n) is 4.17. The molecule has 0 atom stereocenters. The van der Waals surface area contributed by atoms with Crippen molar-refractivity contribution < 1.29 is 0 Å². The summed E-state index contributed by atoms with van der Waals surface area (Å²) in [6.07, 6.45) is 7.24. The fourth-order valence-electron chi connectivity index (χ4n) is 1.93. The van der Waals surface area contributed by atoms with Gasteiger partial charge in [-0.1, -0.05) is 13.0 Å². The highest BCUT2D eigenvalue weighted by Gasteiger charge is 2.07. The lowest BCUT2D eigenvalue weighted by Crippen LogP contribution is -1.87. The average Bonchev–Trinajstić information content (AvgIpc) is 3.10. The highest BCUT2D eigenvalue weighted by Crippen LogP contribution is 2.20. The van der Waals surface area contributed by atoms with E-state index in [-0.39, 0.29) is 0 Å². The van der Waals surface area contributed by atoms with Crippen LogP contribution in [0.3, 0.4) is 0 Å². The maximum atomic E-state index is 4.62. The number of H-pyrrole nitrogens is 1. The molecule has 1 aliphatic heterocycles. The van der Waals surface area contributed by atoms with Crippen molar-refractivity contribution in [3.8, 4) is 0 Å². The van der Waals surface area contributed by atoms with Crippen molar-refractivity contribution in [2.45, 2.75) is 13.3 Å². The van der Waals surface area contributed by atoms with Gasteiger partial charge in [0.25, 0.3) is 0 Å². The van der Waals surface area contributed by atoms with Crippen LogP contribution in [0.15, 0.2) is 52.5 Å². The predicted molar refractivity (Wildman–Crippen MR) is 78.1 cm³/mol. The van der Waals surface area contributed by atoms with E-state index in [9.17, 15) is 0 Å². The van der Waals surface area contributed by atoms with Crippen LogP contribution in [0.5, 0.6) is 0 Å². The first-order valence-corrected chi connectivity index (χ1v) is 6.93. The quantitative estimate of drug-likeness (QED) is 0.856. The Hall–Kier alpha value is -1.87. The first kappa shape index (κ1) is 11.2. The number of aryl methyl sites for hydroxylation is 1. The Labute approximate surface area is 110 Å². The normalized spacial score (nSPS) is 16.5. The Kier molecular flexibility index (Phi) is 2.99. The Morgan fingerprint density at radius 1 is 1.28 bits per heavy atom. The Morgan fingerprint density at radius 2 is 2.22 bits per heavy atom. The summed E-state index contributed by atoms with van der Waals surface area (Å²) in [5, 5.41) is 2.08. The molecule has 90 valence electrons. The molecular formula is C15H14N2S. The summed E-state index contributed by atoms with van der Waals surface area (Å²) in [5.41, 5.74) is 4.43. The fraction of sp³-hybridized carbons (Fsp3) is 0.133. The van der Waals surface area contributed by atoms with Gasteiger partial charge >= 0.3 is 0 Å². The van der Waals surface area contributed by atoms with Crippen molar-refractivity contribution in [3.63, 3.8) is 0 Å². The van der Waals surface area contributed by atoms with Gasteiger partial charge in [-0.3, -0.25) is 0 Å². The van der Waals surface area contributed by atoms with Crippen molar-refractivity contribution in [3.05, 3.63) is 63.8 Å². The van der Waals surface area contributed by atoms with Gasteiger partial charge in [-0.15, -0.1) is 11.3 Å². The summed E-state index contributed by atoms with van der Waals surface area (Å²) in [6, 6.07) is 8.37. The highest BCUT2D eigenvalue weighted by atomic mass is 32.1. The summed E-state index contributed by atoms with van der Waals surface area (Å²) in [4.78, 5) is 9.20. The first-order valence-electron chi connectivity index (χ1n) is 6.05. The zero-order valence-corrected chi connectivity index (χ0v) is 11.0. The van der Waals surface area contributed by atoms with E-state index in [0.717, 1.165) is 23.5 Å². The van der Waals surface area contributed by atoms with Crippen LogP contribution in [-0.4, -0.2) is 10.7 Å². The lowest BCUT2D eigenvalue weighted by atomic mass is 10.3. The van der Waals surface area contributed by atoms with Gasteiger partial charge in [0.2, 0.25) is 0 Å². The number of hydrogen-bond acceptors (Lipinski definition) is 2. The van der Waals surface area contributed by atoms with Crippen LogP contribution in [0.25, 0.3) is 6.08 Å². The SMILES string of the molecule is CCc1ccc(C=C2C=CC(c3cccs3)=N2)[nH]1.